The largest absolute Gasteiger partial charge is 0.348 e. The lowest BCUT2D eigenvalue weighted by atomic mass is 9.86. The van der Waals surface area contributed by atoms with E-state index < -0.39 is 0 Å². The summed E-state index contributed by atoms with van der Waals surface area (Å²) >= 11 is 0. The molecule has 1 aromatic heterocycles. The zero-order chi connectivity index (χ0) is 20.9. The van der Waals surface area contributed by atoms with Crippen LogP contribution in [0.25, 0.3) is 17.0 Å². The third-order valence-corrected chi connectivity index (χ3v) is 6.11. The van der Waals surface area contributed by atoms with Crippen molar-refractivity contribution < 1.29 is 4.79 Å². The molecule has 0 spiro atoms. The maximum absolute atomic E-state index is 12.8. The average molecular weight is 398 g/mol. The molecule has 4 nitrogen and oxygen atoms in total. The quantitative estimate of drug-likeness (QED) is 0.470. The number of aromatic nitrogens is 1. The van der Waals surface area contributed by atoms with Crippen molar-refractivity contribution in [3.05, 3.63) is 77.5 Å². The van der Waals surface area contributed by atoms with Crippen molar-refractivity contribution in [1.82, 2.24) is 9.88 Å². The molecule has 0 aliphatic heterocycles. The van der Waals surface area contributed by atoms with Crippen LogP contribution in [0.5, 0.6) is 0 Å². The van der Waals surface area contributed by atoms with Crippen LogP contribution in [0, 0.1) is 17.2 Å². The number of amides is 1. The average Bonchev–Trinajstić information content (AvgIpc) is 3.11. The van der Waals surface area contributed by atoms with E-state index in [-0.39, 0.29) is 17.5 Å². The van der Waals surface area contributed by atoms with Crippen molar-refractivity contribution in [1.29, 1.82) is 5.26 Å². The van der Waals surface area contributed by atoms with E-state index in [1.165, 1.54) is 12.0 Å². The molecule has 1 amide bonds. The Morgan fingerprint density at radius 2 is 1.87 bits per heavy atom. The molecule has 3 aromatic rings. The van der Waals surface area contributed by atoms with Gasteiger partial charge in [0.1, 0.15) is 11.6 Å². The molecule has 0 saturated heterocycles. The van der Waals surface area contributed by atoms with Gasteiger partial charge in [-0.2, -0.15) is 5.26 Å². The van der Waals surface area contributed by atoms with Crippen LogP contribution in [-0.2, 0) is 11.3 Å². The van der Waals surface area contributed by atoms with E-state index in [1.807, 2.05) is 42.6 Å². The summed E-state index contributed by atoms with van der Waals surface area (Å²) < 4.78 is 2.17. The highest BCUT2D eigenvalue weighted by Gasteiger charge is 2.24. The fraction of sp³-hybridized carbons (Fsp3) is 0.308. The van der Waals surface area contributed by atoms with Crippen LogP contribution in [0.15, 0.2) is 66.4 Å². The number of nitrogens with one attached hydrogen (secondary N) is 1. The van der Waals surface area contributed by atoms with Gasteiger partial charge in [-0.3, -0.25) is 4.79 Å². The Morgan fingerprint density at radius 3 is 2.63 bits per heavy atom. The monoisotopic (exact) mass is 397 g/mol. The summed E-state index contributed by atoms with van der Waals surface area (Å²) in [6.07, 6.45) is 8.23. The highest BCUT2D eigenvalue weighted by Crippen LogP contribution is 2.26. The van der Waals surface area contributed by atoms with Gasteiger partial charge in [0, 0.05) is 35.2 Å². The van der Waals surface area contributed by atoms with Crippen molar-refractivity contribution >= 4 is 22.9 Å². The molecule has 30 heavy (non-hydrogen) atoms. The van der Waals surface area contributed by atoms with Gasteiger partial charge in [-0.15, -0.1) is 0 Å². The van der Waals surface area contributed by atoms with Crippen LogP contribution in [0.3, 0.4) is 0 Å². The van der Waals surface area contributed by atoms with Crippen LogP contribution >= 0.6 is 0 Å². The summed E-state index contributed by atoms with van der Waals surface area (Å²) in [4.78, 5) is 12.8. The molecule has 1 saturated carbocycles. The lowest BCUT2D eigenvalue weighted by Crippen LogP contribution is -2.41. The third kappa shape index (κ3) is 4.31. The second-order valence-electron chi connectivity index (χ2n) is 8.23. The first-order valence-corrected chi connectivity index (χ1v) is 10.7. The summed E-state index contributed by atoms with van der Waals surface area (Å²) in [6.45, 7) is 2.92. The number of benzene rings is 2. The minimum Gasteiger partial charge on any atom is -0.348 e. The maximum atomic E-state index is 12.8. The Kier molecular flexibility index (Phi) is 5.99. The van der Waals surface area contributed by atoms with Crippen molar-refractivity contribution in [2.24, 2.45) is 5.92 Å². The fourth-order valence-corrected chi connectivity index (χ4v) is 4.38. The standard InChI is InChI=1S/C26H27N3O/c1-19-9-5-7-13-24(19)28-26(30)21(16-27)15-22-18-29(17-20-10-3-2-4-11-20)25-14-8-6-12-23(22)25/h2-4,6,8,10-12,14-15,18-19,24H,5,7,9,13,17H2,1H3,(H,28,30)/b21-15+/t19-,24-/m1/s1. The van der Waals surface area contributed by atoms with E-state index in [1.54, 1.807) is 6.08 Å². The Bertz CT molecular complexity index is 1100. The summed E-state index contributed by atoms with van der Waals surface area (Å²) in [5, 5.41) is 13.8. The van der Waals surface area contributed by atoms with Crippen LogP contribution < -0.4 is 5.32 Å². The van der Waals surface area contributed by atoms with Gasteiger partial charge < -0.3 is 9.88 Å². The summed E-state index contributed by atoms with van der Waals surface area (Å²) in [6, 6.07) is 20.7. The summed E-state index contributed by atoms with van der Waals surface area (Å²) in [5.41, 5.74) is 3.35. The molecular weight excluding hydrogens is 370 g/mol. The molecule has 152 valence electrons. The van der Waals surface area contributed by atoms with Gasteiger partial charge in [0.15, 0.2) is 0 Å². The van der Waals surface area contributed by atoms with Gasteiger partial charge in [0.25, 0.3) is 5.91 Å². The molecule has 0 bridgehead atoms. The topological polar surface area (TPSA) is 57.8 Å². The molecule has 1 heterocycles. The number of hydrogen-bond donors (Lipinski definition) is 1. The Morgan fingerprint density at radius 1 is 1.13 bits per heavy atom. The van der Waals surface area contributed by atoms with E-state index in [0.29, 0.717) is 5.92 Å². The zero-order valence-corrected chi connectivity index (χ0v) is 17.3. The second-order valence-corrected chi connectivity index (χ2v) is 8.23. The number of nitrogens with zero attached hydrogens (tertiary/aromatic N) is 2. The van der Waals surface area contributed by atoms with Gasteiger partial charge in [0.05, 0.1) is 0 Å². The highest BCUT2D eigenvalue weighted by atomic mass is 16.1. The minimum absolute atomic E-state index is 0.155. The maximum Gasteiger partial charge on any atom is 0.262 e. The zero-order valence-electron chi connectivity index (χ0n) is 17.3. The summed E-state index contributed by atoms with van der Waals surface area (Å²) in [5.74, 6) is 0.187. The van der Waals surface area contributed by atoms with Gasteiger partial charge in [-0.05, 0) is 36.5 Å². The van der Waals surface area contributed by atoms with Crippen LogP contribution in [0.2, 0.25) is 0 Å². The van der Waals surface area contributed by atoms with Gasteiger partial charge in [0.2, 0.25) is 0 Å². The van der Waals surface area contributed by atoms with Crippen LogP contribution in [0.4, 0.5) is 0 Å². The predicted molar refractivity (Wildman–Crippen MR) is 121 cm³/mol. The molecule has 4 heteroatoms. The first-order chi connectivity index (χ1) is 14.7. The van der Waals surface area contributed by atoms with Gasteiger partial charge >= 0.3 is 0 Å². The Hall–Kier alpha value is -3.32. The first kappa shape index (κ1) is 20.0. The van der Waals surface area contributed by atoms with E-state index >= 15 is 0 Å². The van der Waals surface area contributed by atoms with Gasteiger partial charge in [-0.25, -0.2) is 0 Å². The SMILES string of the molecule is C[C@@H]1CCCC[C@H]1NC(=O)/C(C#N)=C/c1cn(Cc2ccccc2)c2ccccc12. The lowest BCUT2D eigenvalue weighted by Gasteiger charge is -2.29. The number of para-hydroxylation sites is 1. The van der Waals surface area contributed by atoms with Gasteiger partial charge in [-0.1, -0.05) is 68.3 Å². The van der Waals surface area contributed by atoms with E-state index in [2.05, 4.69) is 41.1 Å². The van der Waals surface area contributed by atoms with E-state index in [0.717, 1.165) is 42.3 Å². The molecule has 1 fully saturated rings. The van der Waals surface area contributed by atoms with Crippen molar-refractivity contribution in [2.45, 2.75) is 45.2 Å². The molecule has 2 aromatic carbocycles. The van der Waals surface area contributed by atoms with E-state index in [9.17, 15) is 10.1 Å². The normalized spacial score (nSPS) is 19.4. The molecule has 0 unspecified atom stereocenters. The number of rotatable bonds is 5. The summed E-state index contributed by atoms with van der Waals surface area (Å²) in [7, 11) is 0. The van der Waals surface area contributed by atoms with Crippen molar-refractivity contribution in [2.75, 3.05) is 0 Å². The molecular formula is C26H27N3O. The minimum atomic E-state index is -0.267. The van der Waals surface area contributed by atoms with Crippen molar-refractivity contribution in [3.63, 3.8) is 0 Å². The number of carbonyl (C=O) groups is 1. The third-order valence-electron chi connectivity index (χ3n) is 6.11. The van der Waals surface area contributed by atoms with Crippen LogP contribution in [-0.4, -0.2) is 16.5 Å². The molecule has 0 radical (unpaired) electrons. The number of fused-ring (bicyclic) bond motifs is 1. The molecule has 1 aliphatic carbocycles. The van der Waals surface area contributed by atoms with Crippen molar-refractivity contribution in [3.8, 4) is 6.07 Å². The highest BCUT2D eigenvalue weighted by molar-refractivity contribution is 6.04. The molecule has 4 rings (SSSR count). The first-order valence-electron chi connectivity index (χ1n) is 10.7. The smallest absolute Gasteiger partial charge is 0.262 e. The molecule has 1 N–H and O–H groups in total. The van der Waals surface area contributed by atoms with E-state index in [4.69, 9.17) is 0 Å². The lowest BCUT2D eigenvalue weighted by molar-refractivity contribution is -0.118. The second kappa shape index (κ2) is 9.00. The Balaban J connectivity index is 1.63. The Labute approximate surface area is 177 Å². The fourth-order valence-electron chi connectivity index (χ4n) is 4.38. The predicted octanol–water partition coefficient (Wildman–Crippen LogP) is 5.29. The van der Waals surface area contributed by atoms with Crippen LogP contribution in [0.1, 0.15) is 43.7 Å². The molecule has 2 atom stereocenters. The number of hydrogen-bond acceptors (Lipinski definition) is 2. The number of carbonyl (C=O) groups excluding carboxylic acids is 1. The molecule has 1 aliphatic rings. The number of nitriles is 1.